The van der Waals surface area contributed by atoms with Gasteiger partial charge in [0.05, 0.1) is 0 Å². The molecule has 1 saturated heterocycles. The Balaban J connectivity index is 2.93. The molecule has 0 radical (unpaired) electrons. The van der Waals surface area contributed by atoms with E-state index in [0.717, 1.165) is 6.42 Å². The Morgan fingerprint density at radius 1 is 1.47 bits per heavy atom. The molecule has 0 aromatic carbocycles. The van der Waals surface area contributed by atoms with Crippen molar-refractivity contribution in [2.24, 2.45) is 22.7 Å². The van der Waals surface area contributed by atoms with Crippen molar-refractivity contribution >= 4 is 17.6 Å². The van der Waals surface area contributed by atoms with E-state index in [-0.39, 0.29) is 23.6 Å². The molecule has 7 heteroatoms. The molecule has 1 aliphatic rings. The maximum Gasteiger partial charge on any atom is 0.242 e. The minimum absolute atomic E-state index is 0.102. The maximum atomic E-state index is 12.5. The summed E-state index contributed by atoms with van der Waals surface area (Å²) >= 11 is 0. The molecule has 1 fully saturated rings. The van der Waals surface area contributed by atoms with E-state index in [1.165, 1.54) is 4.90 Å². The van der Waals surface area contributed by atoms with E-state index in [1.807, 2.05) is 13.8 Å². The van der Waals surface area contributed by atoms with E-state index in [1.54, 1.807) is 7.05 Å². The van der Waals surface area contributed by atoms with Crippen molar-refractivity contribution in [1.29, 1.82) is 0 Å². The third-order valence-corrected chi connectivity index (χ3v) is 3.45. The predicted octanol–water partition coefficient (Wildman–Crippen LogP) is -0.258. The number of likely N-dealkylation sites (tertiary alicyclic amines) is 1. The summed E-state index contributed by atoms with van der Waals surface area (Å²) in [6.07, 6.45) is 1.43. The monoisotopic (exact) mass is 270 g/mol. The minimum Gasteiger partial charge on any atom is -0.409 e. The smallest absolute Gasteiger partial charge is 0.242 e. The number of hydrogen-bond donors (Lipinski definition) is 3. The normalized spacial score (nSPS) is 21.6. The van der Waals surface area contributed by atoms with E-state index >= 15 is 0 Å². The Bertz CT molecular complexity index is 381. The van der Waals surface area contributed by atoms with Crippen molar-refractivity contribution in [2.45, 2.75) is 32.7 Å². The Hall–Kier alpha value is -1.79. The molecule has 0 aliphatic carbocycles. The second kappa shape index (κ2) is 6.40. The molecule has 2 unspecified atom stereocenters. The first-order valence-electron chi connectivity index (χ1n) is 6.43. The minimum atomic E-state index is -0.699. The van der Waals surface area contributed by atoms with Gasteiger partial charge in [-0.05, 0) is 18.8 Å². The molecular weight excluding hydrogens is 248 g/mol. The summed E-state index contributed by atoms with van der Waals surface area (Å²) in [5.41, 5.74) is 5.59. The first kappa shape index (κ1) is 15.3. The summed E-state index contributed by atoms with van der Waals surface area (Å²) < 4.78 is 0. The molecule has 1 aliphatic heterocycles. The summed E-state index contributed by atoms with van der Waals surface area (Å²) in [6.45, 7) is 4.18. The standard InChI is InChI=1S/C12H22N4O3/c1-7(2)9(10(13)15-19)12(18)16-6-4-5-8(16)11(17)14-3/h7-9,19H,4-6H2,1-3H3,(H2,13,15)(H,14,17). The lowest BCUT2D eigenvalue weighted by Gasteiger charge is -2.29. The van der Waals surface area contributed by atoms with E-state index < -0.39 is 12.0 Å². The number of hydrogen-bond acceptors (Lipinski definition) is 4. The lowest BCUT2D eigenvalue weighted by Crippen LogP contribution is -2.50. The van der Waals surface area contributed by atoms with Crippen molar-refractivity contribution in [3.05, 3.63) is 0 Å². The van der Waals surface area contributed by atoms with Crippen LogP contribution in [0, 0.1) is 11.8 Å². The van der Waals surface area contributed by atoms with E-state index in [9.17, 15) is 9.59 Å². The molecule has 0 spiro atoms. The summed E-state index contributed by atoms with van der Waals surface area (Å²) in [6, 6.07) is -0.453. The average Bonchev–Trinajstić information content (AvgIpc) is 2.86. The molecule has 0 aromatic heterocycles. The lowest BCUT2D eigenvalue weighted by molar-refractivity contribution is -0.140. The van der Waals surface area contributed by atoms with Gasteiger partial charge in [0.2, 0.25) is 11.8 Å². The van der Waals surface area contributed by atoms with Crippen LogP contribution in [-0.2, 0) is 9.59 Å². The predicted molar refractivity (Wildman–Crippen MR) is 70.5 cm³/mol. The quantitative estimate of drug-likeness (QED) is 0.283. The van der Waals surface area contributed by atoms with Gasteiger partial charge in [-0.3, -0.25) is 9.59 Å². The maximum absolute atomic E-state index is 12.5. The Labute approximate surface area is 112 Å². The molecule has 0 aromatic rings. The van der Waals surface area contributed by atoms with Crippen LogP contribution < -0.4 is 11.1 Å². The van der Waals surface area contributed by atoms with Crippen molar-refractivity contribution in [2.75, 3.05) is 13.6 Å². The van der Waals surface area contributed by atoms with Crippen LogP contribution in [0.2, 0.25) is 0 Å². The molecule has 19 heavy (non-hydrogen) atoms. The molecule has 0 bridgehead atoms. The zero-order valence-electron chi connectivity index (χ0n) is 11.6. The molecule has 7 nitrogen and oxygen atoms in total. The summed E-state index contributed by atoms with van der Waals surface area (Å²) in [5, 5.41) is 14.3. The van der Waals surface area contributed by atoms with Gasteiger partial charge in [-0.15, -0.1) is 0 Å². The SMILES string of the molecule is CNC(=O)C1CCCN1C(=O)C(C(N)=NO)C(C)C. The highest BCUT2D eigenvalue weighted by molar-refractivity contribution is 6.03. The van der Waals surface area contributed by atoms with Gasteiger partial charge >= 0.3 is 0 Å². The highest BCUT2D eigenvalue weighted by Gasteiger charge is 2.39. The van der Waals surface area contributed by atoms with E-state index in [4.69, 9.17) is 10.9 Å². The van der Waals surface area contributed by atoms with Crippen LogP contribution >= 0.6 is 0 Å². The molecule has 1 rings (SSSR count). The number of likely N-dealkylation sites (N-methyl/N-ethyl adjacent to an activating group) is 1. The number of nitrogens with zero attached hydrogens (tertiary/aromatic N) is 2. The van der Waals surface area contributed by atoms with Gasteiger partial charge in [0, 0.05) is 13.6 Å². The number of oxime groups is 1. The third kappa shape index (κ3) is 3.15. The van der Waals surface area contributed by atoms with Crippen LogP contribution in [0.25, 0.3) is 0 Å². The van der Waals surface area contributed by atoms with Crippen molar-refractivity contribution in [3.8, 4) is 0 Å². The lowest BCUT2D eigenvalue weighted by atomic mass is 9.93. The van der Waals surface area contributed by atoms with Crippen LogP contribution in [0.3, 0.4) is 0 Å². The summed E-state index contributed by atoms with van der Waals surface area (Å²) in [5.74, 6) is -1.34. The molecule has 4 N–H and O–H groups in total. The van der Waals surface area contributed by atoms with Gasteiger partial charge in [0.25, 0.3) is 0 Å². The fourth-order valence-corrected chi connectivity index (χ4v) is 2.46. The van der Waals surface area contributed by atoms with Crippen LogP contribution in [-0.4, -0.2) is 47.4 Å². The number of amides is 2. The molecular formula is C12H22N4O3. The molecule has 2 amide bonds. The number of nitrogens with one attached hydrogen (secondary N) is 1. The van der Waals surface area contributed by atoms with Crippen molar-refractivity contribution < 1.29 is 14.8 Å². The average molecular weight is 270 g/mol. The number of carbonyl (C=O) groups is 2. The molecule has 1 heterocycles. The zero-order valence-corrected chi connectivity index (χ0v) is 11.6. The van der Waals surface area contributed by atoms with Gasteiger partial charge in [-0.1, -0.05) is 19.0 Å². The highest BCUT2D eigenvalue weighted by Crippen LogP contribution is 2.23. The third-order valence-electron chi connectivity index (χ3n) is 3.45. The van der Waals surface area contributed by atoms with Gasteiger partial charge in [-0.2, -0.15) is 0 Å². The Morgan fingerprint density at radius 3 is 2.58 bits per heavy atom. The van der Waals surface area contributed by atoms with E-state index in [2.05, 4.69) is 10.5 Å². The van der Waals surface area contributed by atoms with Gasteiger partial charge in [-0.25, -0.2) is 0 Å². The molecule has 0 saturated carbocycles. The topological polar surface area (TPSA) is 108 Å². The second-order valence-electron chi connectivity index (χ2n) is 5.05. The largest absolute Gasteiger partial charge is 0.409 e. The van der Waals surface area contributed by atoms with Crippen LogP contribution in [0.4, 0.5) is 0 Å². The van der Waals surface area contributed by atoms with Gasteiger partial charge in [0.15, 0.2) is 5.84 Å². The van der Waals surface area contributed by atoms with Crippen LogP contribution in [0.1, 0.15) is 26.7 Å². The fraction of sp³-hybridized carbons (Fsp3) is 0.750. The van der Waals surface area contributed by atoms with Crippen molar-refractivity contribution in [1.82, 2.24) is 10.2 Å². The Kier molecular flexibility index (Phi) is 5.14. The summed E-state index contributed by atoms with van der Waals surface area (Å²) in [7, 11) is 1.55. The second-order valence-corrected chi connectivity index (χ2v) is 5.05. The molecule has 2 atom stereocenters. The van der Waals surface area contributed by atoms with Crippen LogP contribution in [0.15, 0.2) is 5.16 Å². The number of rotatable bonds is 4. The fourth-order valence-electron chi connectivity index (χ4n) is 2.46. The first-order valence-corrected chi connectivity index (χ1v) is 6.43. The Morgan fingerprint density at radius 2 is 2.11 bits per heavy atom. The highest BCUT2D eigenvalue weighted by atomic mass is 16.4. The van der Waals surface area contributed by atoms with Crippen LogP contribution in [0.5, 0.6) is 0 Å². The number of nitrogens with two attached hydrogens (primary N) is 1. The van der Waals surface area contributed by atoms with Gasteiger partial charge in [0.1, 0.15) is 12.0 Å². The first-order chi connectivity index (χ1) is 8.93. The zero-order chi connectivity index (χ0) is 14.6. The van der Waals surface area contributed by atoms with Gasteiger partial charge < -0.3 is 21.2 Å². The van der Waals surface area contributed by atoms with E-state index in [0.29, 0.717) is 13.0 Å². The summed E-state index contributed by atoms with van der Waals surface area (Å²) in [4.78, 5) is 25.8. The molecule has 108 valence electrons. The number of carbonyl (C=O) groups excluding carboxylic acids is 2. The van der Waals surface area contributed by atoms with Crippen molar-refractivity contribution in [3.63, 3.8) is 0 Å². The number of amidine groups is 1.